The van der Waals surface area contributed by atoms with Gasteiger partial charge in [-0.15, -0.1) is 0 Å². The van der Waals surface area contributed by atoms with Crippen molar-refractivity contribution in [2.24, 2.45) is 0 Å². The van der Waals surface area contributed by atoms with E-state index in [9.17, 15) is 4.79 Å². The molecule has 1 aliphatic heterocycles. The van der Waals surface area contributed by atoms with Gasteiger partial charge in [-0.2, -0.15) is 0 Å². The van der Waals surface area contributed by atoms with Crippen molar-refractivity contribution in [3.8, 4) is 0 Å². The van der Waals surface area contributed by atoms with Crippen LogP contribution in [0, 0.1) is 0 Å². The summed E-state index contributed by atoms with van der Waals surface area (Å²) in [4.78, 5) is 12.8. The molecular formula is C13H14N2O2. The van der Waals surface area contributed by atoms with E-state index in [-0.39, 0.29) is 0 Å². The molecule has 0 aromatic heterocycles. The number of carboxylic acids is 1. The van der Waals surface area contributed by atoms with Crippen molar-refractivity contribution in [1.82, 2.24) is 4.90 Å². The van der Waals surface area contributed by atoms with Crippen molar-refractivity contribution < 1.29 is 9.90 Å². The normalized spacial score (nSPS) is 15.2. The zero-order chi connectivity index (χ0) is 12.4. The van der Waals surface area contributed by atoms with E-state index >= 15 is 0 Å². The summed E-state index contributed by atoms with van der Waals surface area (Å²) in [7, 11) is 1.87. The Morgan fingerprint density at radius 1 is 1.41 bits per heavy atom. The van der Waals surface area contributed by atoms with E-state index in [2.05, 4.69) is 0 Å². The van der Waals surface area contributed by atoms with Crippen LogP contribution in [0.1, 0.15) is 5.56 Å². The summed E-state index contributed by atoms with van der Waals surface area (Å²) < 4.78 is 0. The minimum absolute atomic E-state index is 0.389. The first-order valence-electron chi connectivity index (χ1n) is 5.29. The third-order valence-electron chi connectivity index (χ3n) is 2.72. The zero-order valence-electron chi connectivity index (χ0n) is 9.55. The van der Waals surface area contributed by atoms with Crippen LogP contribution in [0.3, 0.4) is 0 Å². The van der Waals surface area contributed by atoms with Gasteiger partial charge >= 0.3 is 5.97 Å². The summed E-state index contributed by atoms with van der Waals surface area (Å²) in [6.45, 7) is 0.399. The highest BCUT2D eigenvalue weighted by Gasteiger charge is 2.17. The Balaban J connectivity index is 2.37. The molecule has 0 unspecified atom stereocenters. The standard InChI is InChI=1S/C13H14N2O2/c1-15-8-10(13(16)17)5-6-12(15)9-3-2-4-11(14)7-9/h2-7H,8,14H2,1H3,(H,16,17). The maximum absolute atomic E-state index is 10.9. The van der Waals surface area contributed by atoms with E-state index in [4.69, 9.17) is 10.8 Å². The van der Waals surface area contributed by atoms with Gasteiger partial charge in [0.05, 0.1) is 5.57 Å². The fourth-order valence-corrected chi connectivity index (χ4v) is 1.85. The highest BCUT2D eigenvalue weighted by atomic mass is 16.4. The Kier molecular flexibility index (Phi) is 2.87. The van der Waals surface area contributed by atoms with E-state index in [0.29, 0.717) is 17.8 Å². The van der Waals surface area contributed by atoms with Crippen molar-refractivity contribution in [2.45, 2.75) is 0 Å². The van der Waals surface area contributed by atoms with Gasteiger partial charge < -0.3 is 15.7 Å². The number of hydrogen-bond donors (Lipinski definition) is 2. The lowest BCUT2D eigenvalue weighted by atomic mass is 10.0. The average Bonchev–Trinajstić information content (AvgIpc) is 2.28. The first-order valence-corrected chi connectivity index (χ1v) is 5.29. The molecule has 0 spiro atoms. The number of anilines is 1. The van der Waals surface area contributed by atoms with Gasteiger partial charge in [-0.05, 0) is 29.8 Å². The number of nitrogens with zero attached hydrogens (tertiary/aromatic N) is 1. The van der Waals surface area contributed by atoms with E-state index in [1.165, 1.54) is 0 Å². The molecule has 2 rings (SSSR count). The summed E-state index contributed by atoms with van der Waals surface area (Å²) in [5, 5.41) is 8.91. The summed E-state index contributed by atoms with van der Waals surface area (Å²) in [5.74, 6) is -0.875. The van der Waals surface area contributed by atoms with Gasteiger partial charge in [0.15, 0.2) is 0 Å². The van der Waals surface area contributed by atoms with E-state index in [0.717, 1.165) is 11.3 Å². The molecule has 0 saturated heterocycles. The maximum Gasteiger partial charge on any atom is 0.333 e. The van der Waals surface area contributed by atoms with E-state index in [1.807, 2.05) is 42.3 Å². The number of carbonyl (C=O) groups is 1. The molecule has 1 aliphatic rings. The molecule has 1 aromatic carbocycles. The number of nitrogens with two attached hydrogens (primary N) is 1. The molecule has 0 aliphatic carbocycles. The Hall–Kier alpha value is -2.23. The van der Waals surface area contributed by atoms with Crippen LogP contribution in [0.25, 0.3) is 5.70 Å². The molecular weight excluding hydrogens is 216 g/mol. The van der Waals surface area contributed by atoms with Crippen molar-refractivity contribution in [3.63, 3.8) is 0 Å². The maximum atomic E-state index is 10.9. The summed E-state index contributed by atoms with van der Waals surface area (Å²) in [6, 6.07) is 7.54. The molecule has 0 fully saturated rings. The molecule has 0 bridgehead atoms. The van der Waals surface area contributed by atoms with Crippen LogP contribution in [-0.4, -0.2) is 29.6 Å². The highest BCUT2D eigenvalue weighted by Crippen LogP contribution is 2.24. The zero-order valence-corrected chi connectivity index (χ0v) is 9.55. The SMILES string of the molecule is CN1CC(C(=O)O)=CC=C1c1cccc(N)c1. The van der Waals surface area contributed by atoms with Crippen LogP contribution in [-0.2, 0) is 4.79 Å². The lowest BCUT2D eigenvalue weighted by molar-refractivity contribution is -0.132. The molecule has 0 atom stereocenters. The van der Waals surface area contributed by atoms with Gasteiger partial charge in [0, 0.05) is 25.0 Å². The number of carboxylic acid groups (broad SMARTS) is 1. The summed E-state index contributed by atoms with van der Waals surface area (Å²) in [6.07, 6.45) is 3.45. The number of hydrogen-bond acceptors (Lipinski definition) is 3. The van der Waals surface area contributed by atoms with E-state index < -0.39 is 5.97 Å². The van der Waals surface area contributed by atoms with Gasteiger partial charge in [-0.25, -0.2) is 4.79 Å². The molecule has 1 aromatic rings. The van der Waals surface area contributed by atoms with Crippen molar-refractivity contribution in [2.75, 3.05) is 19.3 Å². The van der Waals surface area contributed by atoms with Gasteiger partial charge in [0.1, 0.15) is 0 Å². The largest absolute Gasteiger partial charge is 0.478 e. The first-order chi connectivity index (χ1) is 8.08. The second-order valence-corrected chi connectivity index (χ2v) is 4.03. The van der Waals surface area contributed by atoms with Crippen molar-refractivity contribution in [1.29, 1.82) is 0 Å². The molecule has 4 heteroatoms. The number of nitrogen functional groups attached to an aromatic ring is 1. The van der Waals surface area contributed by atoms with Crippen LogP contribution >= 0.6 is 0 Å². The molecule has 0 amide bonds. The molecule has 1 heterocycles. The van der Waals surface area contributed by atoms with Crippen LogP contribution in [0.15, 0.2) is 42.0 Å². The number of likely N-dealkylation sites (N-methyl/N-ethyl adjacent to an activating group) is 1. The lowest BCUT2D eigenvalue weighted by Gasteiger charge is -2.26. The number of benzene rings is 1. The summed E-state index contributed by atoms with van der Waals surface area (Å²) >= 11 is 0. The Morgan fingerprint density at radius 3 is 2.76 bits per heavy atom. The Bertz CT molecular complexity index is 518. The predicted molar refractivity (Wildman–Crippen MR) is 67.2 cm³/mol. The van der Waals surface area contributed by atoms with Crippen LogP contribution in [0.2, 0.25) is 0 Å². The van der Waals surface area contributed by atoms with Gasteiger partial charge in [-0.1, -0.05) is 12.1 Å². The number of aliphatic carboxylic acids is 1. The quantitative estimate of drug-likeness (QED) is 0.757. The van der Waals surface area contributed by atoms with Gasteiger partial charge in [-0.3, -0.25) is 0 Å². The number of allylic oxidation sites excluding steroid dienone is 2. The highest BCUT2D eigenvalue weighted by molar-refractivity contribution is 5.89. The molecule has 17 heavy (non-hydrogen) atoms. The van der Waals surface area contributed by atoms with Gasteiger partial charge in [0.25, 0.3) is 0 Å². The van der Waals surface area contributed by atoms with Gasteiger partial charge in [0.2, 0.25) is 0 Å². The first kappa shape index (κ1) is 11.3. The number of rotatable bonds is 2. The smallest absolute Gasteiger partial charge is 0.333 e. The second kappa shape index (κ2) is 4.33. The fraction of sp³-hybridized carbons (Fsp3) is 0.154. The van der Waals surface area contributed by atoms with Crippen LogP contribution < -0.4 is 5.73 Å². The topological polar surface area (TPSA) is 66.6 Å². The van der Waals surface area contributed by atoms with E-state index in [1.54, 1.807) is 6.08 Å². The third-order valence-corrected chi connectivity index (χ3v) is 2.72. The average molecular weight is 230 g/mol. The second-order valence-electron chi connectivity index (χ2n) is 4.03. The third kappa shape index (κ3) is 2.30. The minimum atomic E-state index is -0.875. The molecule has 3 N–H and O–H groups in total. The molecule has 0 saturated carbocycles. The predicted octanol–water partition coefficient (Wildman–Crippen LogP) is 1.57. The lowest BCUT2D eigenvalue weighted by Crippen LogP contribution is -2.25. The van der Waals surface area contributed by atoms with Crippen molar-refractivity contribution in [3.05, 3.63) is 47.6 Å². The summed E-state index contributed by atoms with van der Waals surface area (Å²) in [5.41, 5.74) is 8.79. The van der Waals surface area contributed by atoms with Crippen molar-refractivity contribution >= 4 is 17.4 Å². The Morgan fingerprint density at radius 2 is 2.18 bits per heavy atom. The Labute approximate surface area is 99.7 Å². The van der Waals surface area contributed by atoms with Crippen LogP contribution in [0.5, 0.6) is 0 Å². The van der Waals surface area contributed by atoms with Crippen LogP contribution in [0.4, 0.5) is 5.69 Å². The monoisotopic (exact) mass is 230 g/mol. The fourth-order valence-electron chi connectivity index (χ4n) is 1.85. The minimum Gasteiger partial charge on any atom is -0.478 e. The molecule has 4 nitrogen and oxygen atoms in total. The molecule has 88 valence electrons. The molecule has 0 radical (unpaired) electrons.